The first-order valence-corrected chi connectivity index (χ1v) is 6.59. The van der Waals surface area contributed by atoms with Crippen molar-refractivity contribution in [2.75, 3.05) is 7.11 Å². The standard InChI is InChI=1S/C14H13BrO5/c1-8-11(14(16)17)5-10(20-8)7-19-13-4-3-9(18-2)6-12(13)15/h3-6H,7H2,1-2H3,(H,16,17). The van der Waals surface area contributed by atoms with Gasteiger partial charge in [-0.05, 0) is 47.1 Å². The number of ether oxygens (including phenoxy) is 2. The molecule has 0 saturated heterocycles. The monoisotopic (exact) mass is 340 g/mol. The van der Waals surface area contributed by atoms with Crippen LogP contribution in [0.2, 0.25) is 0 Å². The number of carbonyl (C=O) groups is 1. The Balaban J connectivity index is 2.09. The van der Waals surface area contributed by atoms with Crippen LogP contribution in [-0.2, 0) is 6.61 Å². The maximum absolute atomic E-state index is 10.9. The van der Waals surface area contributed by atoms with Crippen LogP contribution in [0.5, 0.6) is 11.5 Å². The largest absolute Gasteiger partial charge is 0.497 e. The van der Waals surface area contributed by atoms with Gasteiger partial charge in [-0.1, -0.05) is 0 Å². The lowest BCUT2D eigenvalue weighted by molar-refractivity contribution is 0.0695. The van der Waals surface area contributed by atoms with E-state index in [-0.39, 0.29) is 12.2 Å². The molecular formula is C14H13BrO5. The van der Waals surface area contributed by atoms with Crippen LogP contribution in [0, 0.1) is 6.92 Å². The van der Waals surface area contributed by atoms with Crippen LogP contribution in [-0.4, -0.2) is 18.2 Å². The van der Waals surface area contributed by atoms with Crippen molar-refractivity contribution in [2.45, 2.75) is 13.5 Å². The van der Waals surface area contributed by atoms with E-state index >= 15 is 0 Å². The van der Waals surface area contributed by atoms with E-state index in [2.05, 4.69) is 15.9 Å². The van der Waals surface area contributed by atoms with Gasteiger partial charge in [0, 0.05) is 0 Å². The summed E-state index contributed by atoms with van der Waals surface area (Å²) in [4.78, 5) is 10.9. The topological polar surface area (TPSA) is 68.9 Å². The Hall–Kier alpha value is -1.95. The van der Waals surface area contributed by atoms with Gasteiger partial charge in [-0.3, -0.25) is 0 Å². The molecule has 0 saturated carbocycles. The molecule has 0 bridgehead atoms. The average Bonchev–Trinajstić information content (AvgIpc) is 2.78. The molecule has 5 nitrogen and oxygen atoms in total. The Kier molecular flexibility index (Phi) is 4.34. The van der Waals surface area contributed by atoms with E-state index in [9.17, 15) is 4.79 Å². The molecule has 0 amide bonds. The molecule has 0 aliphatic carbocycles. The summed E-state index contributed by atoms with van der Waals surface area (Å²) in [6.07, 6.45) is 0. The van der Waals surface area contributed by atoms with Crippen molar-refractivity contribution in [3.8, 4) is 11.5 Å². The quantitative estimate of drug-likeness (QED) is 0.899. The van der Waals surface area contributed by atoms with Crippen molar-refractivity contribution < 1.29 is 23.8 Å². The van der Waals surface area contributed by atoms with Crippen LogP contribution in [0.1, 0.15) is 21.9 Å². The van der Waals surface area contributed by atoms with Gasteiger partial charge in [0.25, 0.3) is 0 Å². The highest BCUT2D eigenvalue weighted by atomic mass is 79.9. The molecule has 0 radical (unpaired) electrons. The second-order valence-corrected chi connectivity index (χ2v) is 4.93. The molecule has 0 atom stereocenters. The van der Waals surface area contributed by atoms with Crippen LogP contribution in [0.15, 0.2) is 33.2 Å². The number of methoxy groups -OCH3 is 1. The fourth-order valence-electron chi connectivity index (χ4n) is 1.70. The Labute approximate surface area is 124 Å². The third-order valence-electron chi connectivity index (χ3n) is 2.71. The van der Waals surface area contributed by atoms with Gasteiger partial charge in [0.05, 0.1) is 11.6 Å². The van der Waals surface area contributed by atoms with E-state index in [4.69, 9.17) is 19.0 Å². The molecule has 20 heavy (non-hydrogen) atoms. The minimum Gasteiger partial charge on any atom is -0.497 e. The minimum absolute atomic E-state index is 0.150. The number of furan rings is 1. The minimum atomic E-state index is -1.01. The van der Waals surface area contributed by atoms with E-state index in [1.807, 2.05) is 0 Å². The molecule has 1 heterocycles. The normalized spacial score (nSPS) is 10.3. The summed E-state index contributed by atoms with van der Waals surface area (Å²) in [5.41, 5.74) is 0.150. The predicted molar refractivity (Wildman–Crippen MR) is 75.4 cm³/mol. The first-order chi connectivity index (χ1) is 9.51. The summed E-state index contributed by atoms with van der Waals surface area (Å²) in [5, 5.41) is 8.94. The molecule has 0 aliphatic rings. The fourth-order valence-corrected chi connectivity index (χ4v) is 2.17. The molecule has 0 fully saturated rings. The van der Waals surface area contributed by atoms with E-state index in [1.165, 1.54) is 6.07 Å². The van der Waals surface area contributed by atoms with Gasteiger partial charge in [-0.15, -0.1) is 0 Å². The predicted octanol–water partition coefficient (Wildman–Crippen LogP) is 3.64. The SMILES string of the molecule is COc1ccc(OCc2cc(C(=O)O)c(C)o2)c(Br)c1. The van der Waals surface area contributed by atoms with E-state index in [1.54, 1.807) is 32.2 Å². The Bertz CT molecular complexity index is 632. The summed E-state index contributed by atoms with van der Waals surface area (Å²) in [6, 6.07) is 6.79. The van der Waals surface area contributed by atoms with E-state index in [0.29, 0.717) is 23.0 Å². The molecule has 6 heteroatoms. The van der Waals surface area contributed by atoms with Crippen LogP contribution in [0.4, 0.5) is 0 Å². The van der Waals surface area contributed by atoms with Crippen molar-refractivity contribution in [3.63, 3.8) is 0 Å². The number of benzene rings is 1. The molecule has 1 N–H and O–H groups in total. The lowest BCUT2D eigenvalue weighted by atomic mass is 10.2. The second-order valence-electron chi connectivity index (χ2n) is 4.07. The molecule has 0 unspecified atom stereocenters. The average molecular weight is 341 g/mol. The van der Waals surface area contributed by atoms with Crippen LogP contribution >= 0.6 is 15.9 Å². The maximum Gasteiger partial charge on any atom is 0.339 e. The fraction of sp³-hybridized carbons (Fsp3) is 0.214. The van der Waals surface area contributed by atoms with Gasteiger partial charge in [0.2, 0.25) is 0 Å². The Morgan fingerprint density at radius 1 is 1.40 bits per heavy atom. The van der Waals surface area contributed by atoms with Crippen LogP contribution in [0.3, 0.4) is 0 Å². The molecule has 2 aromatic rings. The third-order valence-corrected chi connectivity index (χ3v) is 3.33. The number of rotatable bonds is 5. The zero-order valence-corrected chi connectivity index (χ0v) is 12.6. The zero-order chi connectivity index (χ0) is 14.7. The number of carboxylic acids is 1. The first kappa shape index (κ1) is 14.5. The molecule has 0 aliphatic heterocycles. The van der Waals surface area contributed by atoms with Crippen molar-refractivity contribution in [3.05, 3.63) is 45.8 Å². The summed E-state index contributed by atoms with van der Waals surface area (Å²) in [7, 11) is 1.58. The number of aromatic carboxylic acids is 1. The number of aryl methyl sites for hydroxylation is 1. The summed E-state index contributed by atoms with van der Waals surface area (Å²) in [5.74, 6) is 1.15. The highest BCUT2D eigenvalue weighted by Crippen LogP contribution is 2.30. The Morgan fingerprint density at radius 3 is 2.70 bits per heavy atom. The van der Waals surface area contributed by atoms with Gasteiger partial charge in [0.1, 0.15) is 35.2 Å². The highest BCUT2D eigenvalue weighted by Gasteiger charge is 2.14. The smallest absolute Gasteiger partial charge is 0.339 e. The lowest BCUT2D eigenvalue weighted by Crippen LogP contribution is -1.96. The molecule has 1 aromatic heterocycles. The van der Waals surface area contributed by atoms with Crippen molar-refractivity contribution in [1.82, 2.24) is 0 Å². The summed E-state index contributed by atoms with van der Waals surface area (Å²) in [6.45, 7) is 1.76. The van der Waals surface area contributed by atoms with Crippen molar-refractivity contribution in [1.29, 1.82) is 0 Å². The van der Waals surface area contributed by atoms with Crippen molar-refractivity contribution >= 4 is 21.9 Å². The summed E-state index contributed by atoms with van der Waals surface area (Å²) < 4.78 is 16.8. The van der Waals surface area contributed by atoms with Crippen LogP contribution in [0.25, 0.3) is 0 Å². The van der Waals surface area contributed by atoms with E-state index < -0.39 is 5.97 Å². The van der Waals surface area contributed by atoms with Gasteiger partial charge in [0.15, 0.2) is 0 Å². The molecule has 106 valence electrons. The number of halogens is 1. The van der Waals surface area contributed by atoms with Gasteiger partial charge in [-0.25, -0.2) is 4.79 Å². The Morgan fingerprint density at radius 2 is 2.15 bits per heavy atom. The molecular weight excluding hydrogens is 328 g/mol. The molecule has 1 aromatic carbocycles. The van der Waals surface area contributed by atoms with E-state index in [0.717, 1.165) is 4.47 Å². The molecule has 0 spiro atoms. The van der Waals surface area contributed by atoms with Crippen molar-refractivity contribution in [2.24, 2.45) is 0 Å². The zero-order valence-electron chi connectivity index (χ0n) is 11.0. The van der Waals surface area contributed by atoms with Gasteiger partial charge >= 0.3 is 5.97 Å². The first-order valence-electron chi connectivity index (χ1n) is 5.80. The maximum atomic E-state index is 10.9. The number of hydrogen-bond donors (Lipinski definition) is 1. The van der Waals surface area contributed by atoms with Gasteiger partial charge in [-0.2, -0.15) is 0 Å². The summed E-state index contributed by atoms with van der Waals surface area (Å²) >= 11 is 3.37. The second kappa shape index (κ2) is 6.00. The molecule has 2 rings (SSSR count). The number of carboxylic acid groups (broad SMARTS) is 1. The highest BCUT2D eigenvalue weighted by molar-refractivity contribution is 9.10. The van der Waals surface area contributed by atoms with Crippen LogP contribution < -0.4 is 9.47 Å². The number of hydrogen-bond acceptors (Lipinski definition) is 4. The lowest BCUT2D eigenvalue weighted by Gasteiger charge is -2.08. The third kappa shape index (κ3) is 3.14. The van der Waals surface area contributed by atoms with Gasteiger partial charge < -0.3 is 19.0 Å².